The number of methoxy groups -OCH3 is 1. The Morgan fingerprint density at radius 3 is 2.56 bits per heavy atom. The maximum Gasteiger partial charge on any atom is 0.191 e. The lowest BCUT2D eigenvalue weighted by Crippen LogP contribution is -2.38. The quantitative estimate of drug-likeness (QED) is 0.343. The Morgan fingerprint density at radius 2 is 1.93 bits per heavy atom. The molecule has 0 spiro atoms. The van der Waals surface area contributed by atoms with Gasteiger partial charge in [0.2, 0.25) is 0 Å². The van der Waals surface area contributed by atoms with Crippen molar-refractivity contribution in [3.05, 3.63) is 46.8 Å². The summed E-state index contributed by atoms with van der Waals surface area (Å²) in [6, 6.07) is 8.10. The van der Waals surface area contributed by atoms with E-state index in [0.717, 1.165) is 49.8 Å². The van der Waals surface area contributed by atoms with Gasteiger partial charge in [0.15, 0.2) is 5.96 Å². The summed E-state index contributed by atoms with van der Waals surface area (Å²) in [4.78, 5) is 4.33. The molecule has 2 N–H and O–H groups in total. The molecule has 150 valence electrons. The van der Waals surface area contributed by atoms with E-state index in [2.05, 4.69) is 40.6 Å². The molecule has 27 heavy (non-hydrogen) atoms. The van der Waals surface area contributed by atoms with Gasteiger partial charge in [-0.15, -0.1) is 24.0 Å². The van der Waals surface area contributed by atoms with E-state index in [1.165, 1.54) is 16.8 Å². The van der Waals surface area contributed by atoms with E-state index in [-0.39, 0.29) is 24.0 Å². The number of guanidine groups is 1. The normalized spacial score (nSPS) is 11.1. The topological polar surface area (TPSA) is 63.5 Å². The second-order valence-corrected chi connectivity index (χ2v) is 6.12. The maximum absolute atomic E-state index is 5.40. The molecule has 0 amide bonds. The molecule has 0 saturated heterocycles. The van der Waals surface area contributed by atoms with Crippen LogP contribution < -0.4 is 15.4 Å². The molecule has 0 aliphatic rings. The van der Waals surface area contributed by atoms with Gasteiger partial charge in [-0.1, -0.05) is 32.0 Å². The minimum atomic E-state index is 0. The van der Waals surface area contributed by atoms with E-state index in [0.29, 0.717) is 0 Å². The number of hydrogen-bond donors (Lipinski definition) is 2. The van der Waals surface area contributed by atoms with E-state index in [9.17, 15) is 0 Å². The standard InChI is InChI=1S/C20H31N5O.HI/c1-6-17-16(18(7-2)25(4)24-17)14-23-20(21-3)22-13-12-15-10-8-9-11-19(15)26-5;/h8-11H,6-7,12-14H2,1-5H3,(H2,21,22,23);1H. The van der Waals surface area contributed by atoms with E-state index in [4.69, 9.17) is 4.74 Å². The Bertz CT molecular complexity index is 742. The molecule has 0 saturated carbocycles. The van der Waals surface area contributed by atoms with Gasteiger partial charge in [0.25, 0.3) is 0 Å². The van der Waals surface area contributed by atoms with Crippen molar-refractivity contribution in [2.75, 3.05) is 20.7 Å². The van der Waals surface area contributed by atoms with Crippen molar-refractivity contribution in [3.63, 3.8) is 0 Å². The largest absolute Gasteiger partial charge is 0.496 e. The summed E-state index contributed by atoms with van der Waals surface area (Å²) in [5.41, 5.74) is 4.90. The summed E-state index contributed by atoms with van der Waals surface area (Å²) >= 11 is 0. The van der Waals surface area contributed by atoms with Crippen LogP contribution in [0, 0.1) is 0 Å². The van der Waals surface area contributed by atoms with Gasteiger partial charge in [0.05, 0.1) is 12.8 Å². The van der Waals surface area contributed by atoms with Crippen LogP contribution in [0.5, 0.6) is 5.75 Å². The molecule has 0 aliphatic carbocycles. The lowest BCUT2D eigenvalue weighted by molar-refractivity contribution is 0.409. The van der Waals surface area contributed by atoms with Gasteiger partial charge >= 0.3 is 0 Å². The highest BCUT2D eigenvalue weighted by molar-refractivity contribution is 14.0. The van der Waals surface area contributed by atoms with Crippen LogP contribution in [0.25, 0.3) is 0 Å². The second-order valence-electron chi connectivity index (χ2n) is 6.12. The molecule has 0 atom stereocenters. The second kappa shape index (κ2) is 11.8. The Kier molecular flexibility index (Phi) is 10.2. The molecule has 1 aromatic carbocycles. The van der Waals surface area contributed by atoms with Crippen LogP contribution in [0.15, 0.2) is 29.3 Å². The zero-order valence-electron chi connectivity index (χ0n) is 17.0. The first-order valence-electron chi connectivity index (χ1n) is 9.24. The summed E-state index contributed by atoms with van der Waals surface area (Å²) in [7, 11) is 5.52. The number of ether oxygens (including phenoxy) is 1. The molecular formula is C20H32IN5O. The smallest absolute Gasteiger partial charge is 0.191 e. The molecule has 1 heterocycles. The van der Waals surface area contributed by atoms with Gasteiger partial charge in [0, 0.05) is 38.4 Å². The zero-order valence-corrected chi connectivity index (χ0v) is 19.3. The number of hydrogen-bond acceptors (Lipinski definition) is 3. The number of para-hydroxylation sites is 1. The van der Waals surface area contributed by atoms with Crippen LogP contribution in [-0.2, 0) is 32.9 Å². The summed E-state index contributed by atoms with van der Waals surface area (Å²) in [6.07, 6.45) is 2.78. The molecule has 6 nitrogen and oxygen atoms in total. The maximum atomic E-state index is 5.40. The van der Waals surface area contributed by atoms with Crippen LogP contribution in [0.1, 0.15) is 36.4 Å². The van der Waals surface area contributed by atoms with Gasteiger partial charge in [-0.2, -0.15) is 5.10 Å². The molecule has 7 heteroatoms. The van der Waals surface area contributed by atoms with Crippen molar-refractivity contribution < 1.29 is 4.74 Å². The van der Waals surface area contributed by atoms with Crippen LogP contribution in [0.3, 0.4) is 0 Å². The Balaban J connectivity index is 0.00000364. The summed E-state index contributed by atoms with van der Waals surface area (Å²) < 4.78 is 7.40. The van der Waals surface area contributed by atoms with E-state index < -0.39 is 0 Å². The third-order valence-electron chi connectivity index (χ3n) is 4.56. The minimum absolute atomic E-state index is 0. The van der Waals surface area contributed by atoms with Crippen molar-refractivity contribution >= 4 is 29.9 Å². The number of nitrogens with one attached hydrogen (secondary N) is 2. The van der Waals surface area contributed by atoms with Gasteiger partial charge in [-0.25, -0.2) is 0 Å². The monoisotopic (exact) mass is 485 g/mol. The van der Waals surface area contributed by atoms with Crippen molar-refractivity contribution in [2.45, 2.75) is 39.7 Å². The van der Waals surface area contributed by atoms with E-state index in [1.54, 1.807) is 14.2 Å². The fraction of sp³-hybridized carbons (Fsp3) is 0.500. The minimum Gasteiger partial charge on any atom is -0.496 e. The number of aromatic nitrogens is 2. The highest BCUT2D eigenvalue weighted by atomic mass is 127. The predicted octanol–water partition coefficient (Wildman–Crippen LogP) is 3.08. The summed E-state index contributed by atoms with van der Waals surface area (Å²) in [5.74, 6) is 1.72. The number of nitrogens with zero attached hydrogens (tertiary/aromatic N) is 3. The summed E-state index contributed by atoms with van der Waals surface area (Å²) in [5, 5.41) is 11.4. The summed E-state index contributed by atoms with van der Waals surface area (Å²) in [6.45, 7) is 5.83. The van der Waals surface area contributed by atoms with Crippen LogP contribution in [-0.4, -0.2) is 36.4 Å². The van der Waals surface area contributed by atoms with Crippen LogP contribution in [0.4, 0.5) is 0 Å². The fourth-order valence-electron chi connectivity index (χ4n) is 3.21. The highest BCUT2D eigenvalue weighted by Gasteiger charge is 2.13. The Morgan fingerprint density at radius 1 is 1.19 bits per heavy atom. The number of benzene rings is 1. The molecule has 2 rings (SSSR count). The number of halogens is 1. The molecule has 1 aromatic heterocycles. The first kappa shape index (κ1) is 23.3. The SMILES string of the molecule is CCc1nn(C)c(CC)c1CNC(=NC)NCCc1ccccc1OC.I. The highest BCUT2D eigenvalue weighted by Crippen LogP contribution is 2.17. The van der Waals surface area contributed by atoms with E-state index in [1.807, 2.05) is 29.9 Å². The molecule has 0 bridgehead atoms. The first-order chi connectivity index (χ1) is 12.6. The van der Waals surface area contributed by atoms with Crippen molar-refractivity contribution in [1.29, 1.82) is 0 Å². The third kappa shape index (κ3) is 6.12. The van der Waals surface area contributed by atoms with Gasteiger partial charge < -0.3 is 15.4 Å². The van der Waals surface area contributed by atoms with Gasteiger partial charge in [-0.05, 0) is 30.9 Å². The average molecular weight is 485 g/mol. The molecule has 2 aromatic rings. The number of rotatable bonds is 8. The molecule has 0 fully saturated rings. The molecule has 0 unspecified atom stereocenters. The van der Waals surface area contributed by atoms with Gasteiger partial charge in [-0.3, -0.25) is 9.67 Å². The van der Waals surface area contributed by atoms with E-state index >= 15 is 0 Å². The van der Waals surface area contributed by atoms with Crippen molar-refractivity contribution in [1.82, 2.24) is 20.4 Å². The average Bonchev–Trinajstić information content (AvgIpc) is 2.99. The Labute approximate surface area is 179 Å². The number of aryl methyl sites for hydroxylation is 2. The molecule has 0 radical (unpaired) electrons. The molecule has 0 aliphatic heterocycles. The molecular weight excluding hydrogens is 453 g/mol. The first-order valence-corrected chi connectivity index (χ1v) is 9.24. The van der Waals surface area contributed by atoms with Gasteiger partial charge in [0.1, 0.15) is 5.75 Å². The zero-order chi connectivity index (χ0) is 18.9. The number of aliphatic imine (C=N–C) groups is 1. The third-order valence-corrected chi connectivity index (χ3v) is 4.56. The lowest BCUT2D eigenvalue weighted by Gasteiger charge is -2.14. The predicted molar refractivity (Wildman–Crippen MR) is 122 cm³/mol. The van der Waals surface area contributed by atoms with Crippen molar-refractivity contribution in [2.24, 2.45) is 12.0 Å². The Hall–Kier alpha value is -1.77. The van der Waals surface area contributed by atoms with Crippen LogP contribution >= 0.6 is 24.0 Å². The van der Waals surface area contributed by atoms with Crippen molar-refractivity contribution in [3.8, 4) is 5.75 Å². The van der Waals surface area contributed by atoms with Crippen LogP contribution in [0.2, 0.25) is 0 Å². The lowest BCUT2D eigenvalue weighted by atomic mass is 10.1. The fourth-order valence-corrected chi connectivity index (χ4v) is 3.21.